The minimum Gasteiger partial charge on any atom is -0.339 e. The maximum absolute atomic E-state index is 11.8. The summed E-state index contributed by atoms with van der Waals surface area (Å²) in [6, 6.07) is 7.50. The first-order chi connectivity index (χ1) is 6.52. The van der Waals surface area contributed by atoms with Crippen LogP contribution in [0.3, 0.4) is 0 Å². The topological polar surface area (TPSA) is 20.3 Å². The number of rotatable bonds is 2. The highest BCUT2D eigenvalue weighted by atomic mass is 32.1. The van der Waals surface area contributed by atoms with Gasteiger partial charge in [-0.05, 0) is 32.0 Å². The van der Waals surface area contributed by atoms with E-state index in [-0.39, 0.29) is 11.9 Å². The van der Waals surface area contributed by atoms with Crippen LogP contribution in [0.1, 0.15) is 24.2 Å². The molecule has 0 heterocycles. The molecule has 0 fully saturated rings. The van der Waals surface area contributed by atoms with Crippen molar-refractivity contribution < 1.29 is 4.79 Å². The molecule has 0 saturated heterocycles. The average molecular weight is 209 g/mol. The van der Waals surface area contributed by atoms with Gasteiger partial charge in [0, 0.05) is 23.5 Å². The maximum atomic E-state index is 11.8. The predicted octanol–water partition coefficient (Wildman–Crippen LogP) is 2.46. The molecule has 0 aliphatic rings. The Balaban J connectivity index is 2.89. The monoisotopic (exact) mass is 209 g/mol. The zero-order chi connectivity index (χ0) is 10.7. The van der Waals surface area contributed by atoms with E-state index in [9.17, 15) is 4.79 Å². The van der Waals surface area contributed by atoms with Crippen molar-refractivity contribution in [2.45, 2.75) is 24.8 Å². The number of carbonyl (C=O) groups is 1. The molecule has 0 N–H and O–H groups in total. The lowest BCUT2D eigenvalue weighted by Gasteiger charge is -2.21. The Morgan fingerprint density at radius 3 is 2.57 bits per heavy atom. The van der Waals surface area contributed by atoms with E-state index in [0.29, 0.717) is 5.56 Å². The molecule has 3 heteroatoms. The second kappa shape index (κ2) is 4.51. The molecule has 1 aromatic rings. The molecule has 0 radical (unpaired) electrons. The quantitative estimate of drug-likeness (QED) is 0.742. The smallest absolute Gasteiger partial charge is 0.253 e. The third-order valence-electron chi connectivity index (χ3n) is 2.19. The molecule has 0 spiro atoms. The molecule has 0 saturated carbocycles. The third kappa shape index (κ3) is 2.51. The van der Waals surface area contributed by atoms with Crippen LogP contribution in [0.15, 0.2) is 29.2 Å². The fourth-order valence-corrected chi connectivity index (χ4v) is 1.30. The Kier molecular flexibility index (Phi) is 3.58. The summed E-state index contributed by atoms with van der Waals surface area (Å²) in [7, 11) is 1.80. The number of thiol groups is 1. The zero-order valence-electron chi connectivity index (χ0n) is 8.69. The van der Waals surface area contributed by atoms with Gasteiger partial charge < -0.3 is 4.90 Å². The number of nitrogens with zero attached hydrogens (tertiary/aromatic N) is 1. The first kappa shape index (κ1) is 11.1. The van der Waals surface area contributed by atoms with E-state index in [1.54, 1.807) is 24.1 Å². The number of hydrogen-bond acceptors (Lipinski definition) is 2. The van der Waals surface area contributed by atoms with E-state index < -0.39 is 0 Å². The van der Waals surface area contributed by atoms with E-state index in [0.717, 1.165) is 4.90 Å². The van der Waals surface area contributed by atoms with Gasteiger partial charge in [0.15, 0.2) is 0 Å². The average Bonchev–Trinajstić information content (AvgIpc) is 2.15. The zero-order valence-corrected chi connectivity index (χ0v) is 9.58. The molecule has 1 amide bonds. The molecule has 76 valence electrons. The second-order valence-corrected chi connectivity index (χ2v) is 4.08. The lowest BCUT2D eigenvalue weighted by molar-refractivity contribution is 0.0754. The molecular formula is C11H15NOS. The fourth-order valence-electron chi connectivity index (χ4n) is 1.08. The molecule has 1 rings (SSSR count). The molecule has 2 nitrogen and oxygen atoms in total. The van der Waals surface area contributed by atoms with E-state index in [2.05, 4.69) is 12.6 Å². The molecule has 1 aromatic carbocycles. The lowest BCUT2D eigenvalue weighted by atomic mass is 10.2. The third-order valence-corrected chi connectivity index (χ3v) is 2.47. The van der Waals surface area contributed by atoms with Gasteiger partial charge in [-0.1, -0.05) is 6.07 Å². The van der Waals surface area contributed by atoms with Crippen molar-refractivity contribution in [1.82, 2.24) is 4.90 Å². The van der Waals surface area contributed by atoms with Gasteiger partial charge in [-0.25, -0.2) is 0 Å². The van der Waals surface area contributed by atoms with Crippen LogP contribution in [0.4, 0.5) is 0 Å². The van der Waals surface area contributed by atoms with Gasteiger partial charge in [-0.3, -0.25) is 4.79 Å². The van der Waals surface area contributed by atoms with Crippen LogP contribution < -0.4 is 0 Å². The molecule has 0 unspecified atom stereocenters. The second-order valence-electron chi connectivity index (χ2n) is 3.56. The largest absolute Gasteiger partial charge is 0.339 e. The van der Waals surface area contributed by atoms with Gasteiger partial charge in [0.05, 0.1) is 0 Å². The van der Waals surface area contributed by atoms with Gasteiger partial charge in [-0.15, -0.1) is 12.6 Å². The predicted molar refractivity (Wildman–Crippen MR) is 60.9 cm³/mol. The van der Waals surface area contributed by atoms with Gasteiger partial charge in [0.1, 0.15) is 0 Å². The van der Waals surface area contributed by atoms with E-state index >= 15 is 0 Å². The normalized spacial score (nSPS) is 10.4. The highest BCUT2D eigenvalue weighted by Gasteiger charge is 2.13. The summed E-state index contributed by atoms with van der Waals surface area (Å²) in [6.45, 7) is 3.98. The van der Waals surface area contributed by atoms with Crippen molar-refractivity contribution in [3.63, 3.8) is 0 Å². The summed E-state index contributed by atoms with van der Waals surface area (Å²) in [6.07, 6.45) is 0. The Hall–Kier alpha value is -0.960. The standard InChI is InChI=1S/C11H15NOS/c1-8(2)12(3)11(13)9-5-4-6-10(14)7-9/h4-8,14H,1-3H3. The number of amides is 1. The summed E-state index contributed by atoms with van der Waals surface area (Å²) >= 11 is 4.20. The number of hydrogen-bond donors (Lipinski definition) is 1. The summed E-state index contributed by atoms with van der Waals surface area (Å²) in [5, 5.41) is 0. The summed E-state index contributed by atoms with van der Waals surface area (Å²) in [5.41, 5.74) is 0.689. The Bertz CT molecular complexity index is 336. The summed E-state index contributed by atoms with van der Waals surface area (Å²) < 4.78 is 0. The van der Waals surface area contributed by atoms with Crippen molar-refractivity contribution in [2.24, 2.45) is 0 Å². The summed E-state index contributed by atoms with van der Waals surface area (Å²) in [4.78, 5) is 14.4. The Morgan fingerprint density at radius 2 is 2.07 bits per heavy atom. The Morgan fingerprint density at radius 1 is 1.43 bits per heavy atom. The van der Waals surface area contributed by atoms with Crippen LogP contribution in [-0.2, 0) is 0 Å². The Labute approximate surface area is 90.3 Å². The van der Waals surface area contributed by atoms with Crippen molar-refractivity contribution in [2.75, 3.05) is 7.05 Å². The van der Waals surface area contributed by atoms with Gasteiger partial charge in [-0.2, -0.15) is 0 Å². The first-order valence-corrected chi connectivity index (χ1v) is 5.03. The number of carbonyl (C=O) groups excluding carboxylic acids is 1. The number of benzene rings is 1. The molecule has 0 atom stereocenters. The van der Waals surface area contributed by atoms with E-state index in [1.807, 2.05) is 26.0 Å². The minimum absolute atomic E-state index is 0.0379. The summed E-state index contributed by atoms with van der Waals surface area (Å²) in [5.74, 6) is 0.0379. The van der Waals surface area contributed by atoms with Crippen molar-refractivity contribution >= 4 is 18.5 Å². The van der Waals surface area contributed by atoms with Gasteiger partial charge in [0.2, 0.25) is 0 Å². The van der Waals surface area contributed by atoms with Crippen LogP contribution in [0.25, 0.3) is 0 Å². The van der Waals surface area contributed by atoms with Crippen LogP contribution in [0, 0.1) is 0 Å². The molecular weight excluding hydrogens is 194 g/mol. The first-order valence-electron chi connectivity index (χ1n) is 4.58. The van der Waals surface area contributed by atoms with E-state index in [1.165, 1.54) is 0 Å². The van der Waals surface area contributed by atoms with Crippen LogP contribution in [0.5, 0.6) is 0 Å². The molecule has 0 aliphatic carbocycles. The fraction of sp³-hybridized carbons (Fsp3) is 0.364. The molecule has 14 heavy (non-hydrogen) atoms. The highest BCUT2D eigenvalue weighted by molar-refractivity contribution is 7.80. The van der Waals surface area contributed by atoms with Crippen molar-refractivity contribution in [3.05, 3.63) is 29.8 Å². The van der Waals surface area contributed by atoms with E-state index in [4.69, 9.17) is 0 Å². The van der Waals surface area contributed by atoms with Crippen LogP contribution >= 0.6 is 12.6 Å². The van der Waals surface area contributed by atoms with Gasteiger partial charge in [0.25, 0.3) is 5.91 Å². The maximum Gasteiger partial charge on any atom is 0.253 e. The lowest BCUT2D eigenvalue weighted by Crippen LogP contribution is -2.32. The molecule has 0 aromatic heterocycles. The minimum atomic E-state index is 0.0379. The van der Waals surface area contributed by atoms with Crippen molar-refractivity contribution in [3.8, 4) is 0 Å². The van der Waals surface area contributed by atoms with Crippen LogP contribution in [-0.4, -0.2) is 23.9 Å². The molecule has 0 bridgehead atoms. The molecule has 0 aliphatic heterocycles. The highest BCUT2D eigenvalue weighted by Crippen LogP contribution is 2.11. The SMILES string of the molecule is CC(C)N(C)C(=O)c1cccc(S)c1. The van der Waals surface area contributed by atoms with Crippen molar-refractivity contribution in [1.29, 1.82) is 0 Å². The van der Waals surface area contributed by atoms with Gasteiger partial charge >= 0.3 is 0 Å². The van der Waals surface area contributed by atoms with Crippen LogP contribution in [0.2, 0.25) is 0 Å².